The first kappa shape index (κ1) is 41.4. The molecule has 4 amide bonds. The van der Waals surface area contributed by atoms with Crippen LogP contribution in [-0.2, 0) is 35.3 Å². The van der Waals surface area contributed by atoms with Gasteiger partial charge in [-0.15, -0.1) is 0 Å². The third-order valence-corrected chi connectivity index (χ3v) is 9.55. The first-order chi connectivity index (χ1) is 21.3. The lowest BCUT2D eigenvalue weighted by Crippen LogP contribution is -2.72. The van der Waals surface area contributed by atoms with E-state index in [9.17, 15) is 24.0 Å². The number of esters is 1. The molecule has 11 nitrogen and oxygen atoms in total. The molecule has 0 aliphatic carbocycles. The second kappa shape index (κ2) is 15.5. The van der Waals surface area contributed by atoms with Crippen LogP contribution in [0.3, 0.4) is 0 Å². The Morgan fingerprint density at radius 1 is 0.553 bits per heavy atom. The van der Waals surface area contributed by atoms with Crippen LogP contribution < -0.4 is 21.3 Å². The van der Waals surface area contributed by atoms with Gasteiger partial charge in [-0.2, -0.15) is 0 Å². The van der Waals surface area contributed by atoms with Gasteiger partial charge in [-0.3, -0.25) is 14.4 Å². The third kappa shape index (κ3) is 10.2. The molecule has 0 heterocycles. The van der Waals surface area contributed by atoms with E-state index in [2.05, 4.69) is 21.3 Å². The molecule has 11 heteroatoms. The summed E-state index contributed by atoms with van der Waals surface area (Å²) in [7, 11) is 0. The van der Waals surface area contributed by atoms with Crippen LogP contribution in [0.2, 0.25) is 0 Å². The first-order valence-corrected chi connectivity index (χ1v) is 16.5. The summed E-state index contributed by atoms with van der Waals surface area (Å²) < 4.78 is 11.0. The van der Waals surface area contributed by atoms with Crippen molar-refractivity contribution in [2.75, 3.05) is 0 Å². The van der Waals surface area contributed by atoms with Crippen LogP contribution in [0.25, 0.3) is 0 Å². The molecule has 1 aromatic rings. The summed E-state index contributed by atoms with van der Waals surface area (Å²) >= 11 is 0. The van der Waals surface area contributed by atoms with Crippen molar-refractivity contribution in [3.05, 3.63) is 35.9 Å². The molecular formula is C36H60N4O7. The normalized spacial score (nSPS) is 17.1. The largest absolute Gasteiger partial charge is 0.458 e. The highest BCUT2D eigenvalue weighted by atomic mass is 16.6. The number of amides is 4. The molecular weight excluding hydrogens is 600 g/mol. The minimum atomic E-state index is -1.51. The third-order valence-electron chi connectivity index (χ3n) is 9.55. The van der Waals surface area contributed by atoms with Crippen molar-refractivity contribution in [1.82, 2.24) is 21.3 Å². The molecule has 0 aliphatic rings. The monoisotopic (exact) mass is 660 g/mol. The lowest BCUT2D eigenvalue weighted by Gasteiger charge is -2.43. The van der Waals surface area contributed by atoms with E-state index in [0.29, 0.717) is 0 Å². The Bertz CT molecular complexity index is 1270. The van der Waals surface area contributed by atoms with Crippen molar-refractivity contribution < 1.29 is 33.4 Å². The molecule has 47 heavy (non-hydrogen) atoms. The van der Waals surface area contributed by atoms with Gasteiger partial charge in [0.15, 0.2) is 0 Å². The van der Waals surface area contributed by atoms with Crippen LogP contribution in [0.5, 0.6) is 0 Å². The Kier molecular flexibility index (Phi) is 13.7. The number of ether oxygens (including phenoxy) is 2. The Labute approximate surface area is 282 Å². The SMILES string of the molecule is CC(C)[C@](C)(NC(=O)OCc1ccccc1)C(=O)N[C@](C)(C(=O)N[C@](C)(C(=O)N[C@](C)(C(=O)OC(C)(C)C)C(C)C)C(C)C)C(C)C. The molecule has 4 atom stereocenters. The average molecular weight is 661 g/mol. The summed E-state index contributed by atoms with van der Waals surface area (Å²) in [5.41, 5.74) is -5.82. The number of hydrogen-bond donors (Lipinski definition) is 4. The van der Waals surface area contributed by atoms with E-state index in [1.165, 1.54) is 0 Å². The zero-order valence-electron chi connectivity index (χ0n) is 31.3. The van der Waals surface area contributed by atoms with Crippen molar-refractivity contribution in [3.63, 3.8) is 0 Å². The standard InChI is InChI=1S/C36H60N4O7/c1-22(2)33(12,38-29(43)35(14,24(5)6)40-31(45)46-21-26-19-17-16-18-20-26)27(41)37-34(13,23(3)4)28(42)39-36(15,25(7)8)30(44)47-32(9,10)11/h16-20,22-25H,21H2,1-15H3,(H,37,41)(H,38,43)(H,39,42)(H,40,45)/t33-,34-,35-,36-/m0/s1. The molecule has 0 saturated carbocycles. The Morgan fingerprint density at radius 3 is 1.23 bits per heavy atom. The van der Waals surface area contributed by atoms with E-state index in [4.69, 9.17) is 9.47 Å². The molecule has 0 radical (unpaired) electrons. The van der Waals surface area contributed by atoms with Gasteiger partial charge in [0.1, 0.15) is 34.4 Å². The smallest absolute Gasteiger partial charge is 0.408 e. The Balaban J connectivity index is 3.32. The number of carbonyl (C=O) groups excluding carboxylic acids is 5. The molecule has 266 valence electrons. The summed E-state index contributed by atoms with van der Waals surface area (Å²) in [5, 5.41) is 11.3. The second-order valence-electron chi connectivity index (χ2n) is 15.5. The predicted octanol–water partition coefficient (Wildman–Crippen LogP) is 5.26. The molecule has 0 fully saturated rings. The highest BCUT2D eigenvalue weighted by Gasteiger charge is 2.51. The number of nitrogens with one attached hydrogen (secondary N) is 4. The molecule has 0 bridgehead atoms. The molecule has 0 aromatic heterocycles. The first-order valence-electron chi connectivity index (χ1n) is 16.5. The minimum absolute atomic E-state index is 0.0220. The van der Waals surface area contributed by atoms with Crippen LogP contribution in [-0.4, -0.2) is 57.5 Å². The van der Waals surface area contributed by atoms with E-state index in [0.717, 1.165) is 5.56 Å². The Hall–Kier alpha value is -3.63. The Morgan fingerprint density at radius 2 is 0.894 bits per heavy atom. The predicted molar refractivity (Wildman–Crippen MR) is 183 cm³/mol. The van der Waals surface area contributed by atoms with E-state index in [-0.39, 0.29) is 18.4 Å². The van der Waals surface area contributed by atoms with Crippen LogP contribution in [0.15, 0.2) is 30.3 Å². The average Bonchev–Trinajstić information content (AvgIpc) is 2.94. The number of rotatable bonds is 14. The van der Waals surface area contributed by atoms with E-state index >= 15 is 0 Å². The van der Waals surface area contributed by atoms with Gasteiger partial charge in [0.05, 0.1) is 0 Å². The summed E-state index contributed by atoms with van der Waals surface area (Å²) in [6.45, 7) is 25.9. The summed E-state index contributed by atoms with van der Waals surface area (Å²) in [6, 6.07) is 9.16. The van der Waals surface area contributed by atoms with Crippen LogP contribution in [0, 0.1) is 23.7 Å². The molecule has 4 N–H and O–H groups in total. The fourth-order valence-electron chi connectivity index (χ4n) is 4.27. The van der Waals surface area contributed by atoms with E-state index in [1.54, 1.807) is 104 Å². The van der Waals surface area contributed by atoms with Gasteiger partial charge >= 0.3 is 12.1 Å². The van der Waals surface area contributed by atoms with Crippen molar-refractivity contribution >= 4 is 29.8 Å². The topological polar surface area (TPSA) is 152 Å². The van der Waals surface area contributed by atoms with Crippen molar-refractivity contribution in [2.24, 2.45) is 23.7 Å². The fraction of sp³-hybridized carbons (Fsp3) is 0.694. The van der Waals surface area contributed by atoms with Crippen molar-refractivity contribution in [2.45, 2.75) is 138 Å². The lowest BCUT2D eigenvalue weighted by atomic mass is 9.80. The molecule has 0 spiro atoms. The van der Waals surface area contributed by atoms with Gasteiger partial charge in [-0.25, -0.2) is 9.59 Å². The number of hydrogen-bond acceptors (Lipinski definition) is 7. The highest BCUT2D eigenvalue weighted by molar-refractivity contribution is 6.00. The lowest BCUT2D eigenvalue weighted by molar-refractivity contribution is -0.167. The van der Waals surface area contributed by atoms with Crippen molar-refractivity contribution in [3.8, 4) is 0 Å². The maximum Gasteiger partial charge on any atom is 0.408 e. The van der Waals surface area contributed by atoms with E-state index in [1.807, 2.05) is 30.3 Å². The number of alkyl carbamates (subject to hydrolysis) is 1. The molecule has 0 aliphatic heterocycles. The summed E-state index contributed by atoms with van der Waals surface area (Å²) in [6.07, 6.45) is -0.779. The minimum Gasteiger partial charge on any atom is -0.458 e. The zero-order chi connectivity index (χ0) is 36.8. The van der Waals surface area contributed by atoms with Gasteiger partial charge in [0.25, 0.3) is 0 Å². The van der Waals surface area contributed by atoms with Crippen LogP contribution in [0.4, 0.5) is 4.79 Å². The van der Waals surface area contributed by atoms with Gasteiger partial charge in [0, 0.05) is 0 Å². The van der Waals surface area contributed by atoms with Crippen LogP contribution >= 0.6 is 0 Å². The van der Waals surface area contributed by atoms with Gasteiger partial charge in [-0.1, -0.05) is 85.7 Å². The van der Waals surface area contributed by atoms with Gasteiger partial charge in [0.2, 0.25) is 17.7 Å². The zero-order valence-corrected chi connectivity index (χ0v) is 31.3. The van der Waals surface area contributed by atoms with Gasteiger partial charge < -0.3 is 30.7 Å². The van der Waals surface area contributed by atoms with E-state index < -0.39 is 69.4 Å². The van der Waals surface area contributed by atoms with Gasteiger partial charge in [-0.05, 0) is 77.7 Å². The number of benzene rings is 1. The molecule has 1 rings (SSSR count). The summed E-state index contributed by atoms with van der Waals surface area (Å²) in [4.78, 5) is 68.2. The molecule has 0 saturated heterocycles. The number of carbonyl (C=O) groups is 5. The van der Waals surface area contributed by atoms with Crippen LogP contribution in [0.1, 0.15) is 109 Å². The van der Waals surface area contributed by atoms with Crippen molar-refractivity contribution in [1.29, 1.82) is 0 Å². The summed E-state index contributed by atoms with van der Waals surface area (Å²) in [5.74, 6) is -3.94. The highest BCUT2D eigenvalue weighted by Crippen LogP contribution is 2.28. The molecule has 1 aromatic carbocycles. The maximum atomic E-state index is 14.2. The quantitative estimate of drug-likeness (QED) is 0.199. The second-order valence-corrected chi connectivity index (χ2v) is 15.5. The fourth-order valence-corrected chi connectivity index (χ4v) is 4.27. The maximum absolute atomic E-state index is 14.2. The molecule has 0 unspecified atom stereocenters.